The molecule has 0 unspecified atom stereocenters. The minimum absolute atomic E-state index is 0.0587. The van der Waals surface area contributed by atoms with E-state index >= 15 is 0 Å². The second-order valence-corrected chi connectivity index (χ2v) is 6.94. The number of nitrogens with zero attached hydrogens (tertiary/aromatic N) is 6. The first-order chi connectivity index (χ1) is 13.6. The second kappa shape index (κ2) is 7.31. The number of hydrogen-bond acceptors (Lipinski definition) is 7. The summed E-state index contributed by atoms with van der Waals surface area (Å²) in [5.74, 6) is 1.42. The third-order valence-corrected chi connectivity index (χ3v) is 5.10. The van der Waals surface area contributed by atoms with E-state index in [1.54, 1.807) is 18.5 Å². The largest absolute Gasteiger partial charge is 0.490 e. The normalized spacial score (nSPS) is 11.1. The Morgan fingerprint density at radius 1 is 1.25 bits per heavy atom. The van der Waals surface area contributed by atoms with E-state index in [9.17, 15) is 10.1 Å². The topological polar surface area (TPSA) is 101 Å². The Hall–Kier alpha value is -3.40. The highest BCUT2D eigenvalue weighted by Crippen LogP contribution is 2.31. The molecular weight excluding hydrogens is 380 g/mol. The van der Waals surface area contributed by atoms with Crippen LogP contribution in [0.1, 0.15) is 5.56 Å². The predicted molar refractivity (Wildman–Crippen MR) is 105 cm³/mol. The maximum absolute atomic E-state index is 11.2. The fourth-order valence-electron chi connectivity index (χ4n) is 2.81. The number of rotatable bonds is 6. The van der Waals surface area contributed by atoms with Crippen LogP contribution in [0, 0.1) is 10.1 Å². The maximum Gasteiger partial charge on any atom is 0.311 e. The first-order valence-electron chi connectivity index (χ1n) is 8.33. The zero-order chi connectivity index (χ0) is 19.7. The zero-order valence-electron chi connectivity index (χ0n) is 15.1. The number of fused-ring (bicyclic) bond motifs is 1. The van der Waals surface area contributed by atoms with Gasteiger partial charge >= 0.3 is 5.69 Å². The third-order valence-electron chi connectivity index (χ3n) is 4.18. The van der Waals surface area contributed by atoms with Crippen molar-refractivity contribution in [2.24, 2.45) is 7.05 Å². The SMILES string of the molecule is COc1ccc(CSc2nc(-n3cccc3)c3ncn(C)c3n2)cc1[N+](=O)[O-]. The van der Waals surface area contributed by atoms with Crippen LogP contribution in [-0.4, -0.2) is 36.1 Å². The third kappa shape index (κ3) is 3.29. The van der Waals surface area contributed by atoms with E-state index < -0.39 is 4.92 Å². The lowest BCUT2D eigenvalue weighted by molar-refractivity contribution is -0.385. The van der Waals surface area contributed by atoms with Crippen LogP contribution in [0.4, 0.5) is 5.69 Å². The molecule has 0 saturated heterocycles. The summed E-state index contributed by atoms with van der Waals surface area (Å²) in [5, 5.41) is 11.8. The fourth-order valence-corrected chi connectivity index (χ4v) is 3.59. The van der Waals surface area contributed by atoms with Gasteiger partial charge in [-0.05, 0) is 23.8 Å². The van der Waals surface area contributed by atoms with Gasteiger partial charge in [0.15, 0.2) is 27.9 Å². The Labute approximate surface area is 164 Å². The van der Waals surface area contributed by atoms with E-state index in [0.29, 0.717) is 22.2 Å². The second-order valence-electron chi connectivity index (χ2n) is 6.00. The molecule has 0 aliphatic rings. The highest BCUT2D eigenvalue weighted by Gasteiger charge is 2.17. The molecule has 0 spiro atoms. The fraction of sp³-hybridized carbons (Fsp3) is 0.167. The van der Waals surface area contributed by atoms with Gasteiger partial charge in [-0.2, -0.15) is 0 Å². The van der Waals surface area contributed by atoms with Gasteiger partial charge in [-0.3, -0.25) is 10.1 Å². The number of aromatic nitrogens is 5. The standard InChI is InChI=1S/C18H16N6O3S/c1-22-11-19-15-16(22)20-18(21-17(15)23-7-3-4-8-23)28-10-12-5-6-14(27-2)13(9-12)24(25)26/h3-9,11H,10H2,1-2H3. The van der Waals surface area contributed by atoms with Gasteiger partial charge in [-0.1, -0.05) is 17.8 Å². The number of imidazole rings is 1. The van der Waals surface area contributed by atoms with Crippen LogP contribution in [0.15, 0.2) is 54.2 Å². The molecule has 3 aromatic heterocycles. The van der Waals surface area contributed by atoms with Gasteiger partial charge in [0.05, 0.1) is 18.4 Å². The lowest BCUT2D eigenvalue weighted by Gasteiger charge is -2.08. The van der Waals surface area contributed by atoms with Crippen molar-refractivity contribution in [1.29, 1.82) is 0 Å². The molecular formula is C18H16N6O3S. The summed E-state index contributed by atoms with van der Waals surface area (Å²) in [5.41, 5.74) is 2.16. The first kappa shape index (κ1) is 18.0. The highest BCUT2D eigenvalue weighted by atomic mass is 32.2. The summed E-state index contributed by atoms with van der Waals surface area (Å²) in [4.78, 5) is 24.4. The molecule has 0 radical (unpaired) electrons. The quantitative estimate of drug-likeness (QED) is 0.213. The molecule has 28 heavy (non-hydrogen) atoms. The van der Waals surface area contributed by atoms with Gasteiger partial charge in [-0.15, -0.1) is 0 Å². The Morgan fingerprint density at radius 2 is 2.04 bits per heavy atom. The zero-order valence-corrected chi connectivity index (χ0v) is 16.0. The number of ether oxygens (including phenoxy) is 1. The van der Waals surface area contributed by atoms with E-state index in [1.165, 1.54) is 24.9 Å². The van der Waals surface area contributed by atoms with Crippen molar-refractivity contribution >= 4 is 28.6 Å². The van der Waals surface area contributed by atoms with Gasteiger partial charge in [0.1, 0.15) is 0 Å². The van der Waals surface area contributed by atoms with Gasteiger partial charge in [-0.25, -0.2) is 15.0 Å². The molecule has 10 heteroatoms. The number of benzene rings is 1. The molecule has 4 aromatic rings. The molecule has 0 saturated carbocycles. The van der Waals surface area contributed by atoms with Crippen molar-refractivity contribution in [3.8, 4) is 11.6 Å². The van der Waals surface area contributed by atoms with Crippen molar-refractivity contribution in [2.45, 2.75) is 10.9 Å². The Bertz CT molecular complexity index is 1160. The monoisotopic (exact) mass is 396 g/mol. The summed E-state index contributed by atoms with van der Waals surface area (Å²) in [6, 6.07) is 8.75. The number of hydrogen-bond donors (Lipinski definition) is 0. The smallest absolute Gasteiger partial charge is 0.311 e. The lowest BCUT2D eigenvalue weighted by atomic mass is 10.2. The summed E-state index contributed by atoms with van der Waals surface area (Å²) in [7, 11) is 3.29. The molecule has 3 heterocycles. The maximum atomic E-state index is 11.2. The number of aryl methyl sites for hydroxylation is 1. The summed E-state index contributed by atoms with van der Waals surface area (Å²) in [6.45, 7) is 0. The van der Waals surface area contributed by atoms with Crippen molar-refractivity contribution in [1.82, 2.24) is 24.1 Å². The molecule has 0 fully saturated rings. The van der Waals surface area contributed by atoms with Crippen LogP contribution >= 0.6 is 11.8 Å². The molecule has 0 aliphatic carbocycles. The minimum Gasteiger partial charge on any atom is -0.490 e. The van der Waals surface area contributed by atoms with E-state index in [4.69, 9.17) is 4.74 Å². The van der Waals surface area contributed by atoms with Crippen LogP contribution in [0.2, 0.25) is 0 Å². The van der Waals surface area contributed by atoms with Gasteiger partial charge < -0.3 is 13.9 Å². The molecule has 0 atom stereocenters. The average Bonchev–Trinajstić information content (AvgIpc) is 3.36. The highest BCUT2D eigenvalue weighted by molar-refractivity contribution is 7.98. The minimum atomic E-state index is -0.449. The van der Waals surface area contributed by atoms with E-state index in [-0.39, 0.29) is 11.4 Å². The molecule has 142 valence electrons. The number of thioether (sulfide) groups is 1. The van der Waals surface area contributed by atoms with Crippen LogP contribution in [-0.2, 0) is 12.8 Å². The van der Waals surface area contributed by atoms with E-state index in [2.05, 4.69) is 15.0 Å². The van der Waals surface area contributed by atoms with E-state index in [0.717, 1.165) is 11.2 Å². The van der Waals surface area contributed by atoms with Crippen molar-refractivity contribution in [2.75, 3.05) is 7.11 Å². The van der Waals surface area contributed by atoms with Crippen LogP contribution in [0.5, 0.6) is 5.75 Å². The van der Waals surface area contributed by atoms with Crippen molar-refractivity contribution in [3.63, 3.8) is 0 Å². The Balaban J connectivity index is 1.66. The molecule has 0 aliphatic heterocycles. The van der Waals surface area contributed by atoms with Crippen LogP contribution in [0.25, 0.3) is 17.0 Å². The average molecular weight is 396 g/mol. The Morgan fingerprint density at radius 3 is 2.75 bits per heavy atom. The van der Waals surface area contributed by atoms with E-state index in [1.807, 2.05) is 40.7 Å². The Kier molecular flexibility index (Phi) is 4.70. The van der Waals surface area contributed by atoms with Gasteiger partial charge in [0, 0.05) is 31.3 Å². The number of methoxy groups -OCH3 is 1. The van der Waals surface area contributed by atoms with Crippen molar-refractivity contribution < 1.29 is 9.66 Å². The molecule has 4 rings (SSSR count). The molecule has 1 aromatic carbocycles. The molecule has 0 amide bonds. The number of nitro groups is 1. The summed E-state index contributed by atoms with van der Waals surface area (Å²) in [6.07, 6.45) is 5.50. The lowest BCUT2D eigenvalue weighted by Crippen LogP contribution is -2.01. The summed E-state index contributed by atoms with van der Waals surface area (Å²) >= 11 is 1.41. The summed E-state index contributed by atoms with van der Waals surface area (Å²) < 4.78 is 8.78. The number of nitro benzene ring substituents is 1. The molecule has 0 N–H and O–H groups in total. The first-order valence-corrected chi connectivity index (χ1v) is 9.32. The predicted octanol–water partition coefficient (Wildman–Crippen LogP) is 3.36. The molecule has 9 nitrogen and oxygen atoms in total. The van der Waals surface area contributed by atoms with Crippen LogP contribution in [0.3, 0.4) is 0 Å². The molecule has 0 bridgehead atoms. The van der Waals surface area contributed by atoms with Crippen molar-refractivity contribution in [3.05, 3.63) is 64.7 Å². The van der Waals surface area contributed by atoms with Gasteiger partial charge in [0.2, 0.25) is 0 Å². The van der Waals surface area contributed by atoms with Crippen LogP contribution < -0.4 is 4.74 Å². The van der Waals surface area contributed by atoms with Gasteiger partial charge in [0.25, 0.3) is 0 Å².